The quantitative estimate of drug-likeness (QED) is 0.504. The first kappa shape index (κ1) is 18.0. The van der Waals surface area contributed by atoms with Crippen molar-refractivity contribution < 1.29 is 9.32 Å². The summed E-state index contributed by atoms with van der Waals surface area (Å²) in [5.41, 5.74) is 0.564. The third kappa shape index (κ3) is 3.97. The van der Waals surface area contributed by atoms with E-state index in [1.54, 1.807) is 11.3 Å². The van der Waals surface area contributed by atoms with Gasteiger partial charge in [0.2, 0.25) is 4.96 Å². The van der Waals surface area contributed by atoms with Crippen LogP contribution in [0.4, 0.5) is 0 Å². The Morgan fingerprint density at radius 3 is 2.96 bits per heavy atom. The molecule has 0 aliphatic heterocycles. The topological polar surface area (TPSA) is 90.6 Å². The highest BCUT2D eigenvalue weighted by atomic mass is 32.1. The Balaban J connectivity index is 1.53. The van der Waals surface area contributed by atoms with Gasteiger partial charge in [-0.25, -0.2) is 4.98 Å². The molecule has 0 bridgehead atoms. The van der Waals surface area contributed by atoms with Crippen molar-refractivity contribution in [3.63, 3.8) is 0 Å². The van der Waals surface area contributed by atoms with E-state index < -0.39 is 0 Å². The Kier molecular flexibility index (Phi) is 5.10. The molecule has 4 heterocycles. The lowest BCUT2D eigenvalue weighted by molar-refractivity contribution is -0.928. The third-order valence-corrected chi connectivity index (χ3v) is 5.79. The van der Waals surface area contributed by atoms with Crippen LogP contribution in [0.2, 0.25) is 0 Å². The predicted molar refractivity (Wildman–Crippen MR) is 103 cm³/mol. The molecule has 0 amide bonds. The van der Waals surface area contributed by atoms with Gasteiger partial charge in [0.1, 0.15) is 6.54 Å². The lowest BCUT2D eigenvalue weighted by Crippen LogP contribution is -3.09. The minimum atomic E-state index is -0.144. The average molecular weight is 404 g/mol. The van der Waals surface area contributed by atoms with Crippen LogP contribution in [0, 0.1) is 6.92 Å². The van der Waals surface area contributed by atoms with Crippen molar-refractivity contribution in [3.05, 3.63) is 50.5 Å². The SMILES string of the molecule is CCC[NH+](Cc1nnc(-c2cccs2)o1)Cc1nn2c(=O)cc(C)nc2s1. The Morgan fingerprint density at radius 2 is 2.19 bits per heavy atom. The van der Waals surface area contributed by atoms with Gasteiger partial charge in [-0.15, -0.1) is 21.5 Å². The Labute approximate surface area is 163 Å². The molecular formula is C17H19N6O2S2+. The molecular weight excluding hydrogens is 384 g/mol. The summed E-state index contributed by atoms with van der Waals surface area (Å²) in [5, 5.41) is 15.6. The second kappa shape index (κ2) is 7.67. The van der Waals surface area contributed by atoms with E-state index in [1.807, 2.05) is 24.4 Å². The molecule has 0 spiro atoms. The van der Waals surface area contributed by atoms with Crippen LogP contribution in [0.1, 0.15) is 29.9 Å². The van der Waals surface area contributed by atoms with E-state index in [4.69, 9.17) is 4.42 Å². The van der Waals surface area contributed by atoms with E-state index in [0.717, 1.165) is 22.9 Å². The van der Waals surface area contributed by atoms with E-state index in [0.29, 0.717) is 35.5 Å². The predicted octanol–water partition coefficient (Wildman–Crippen LogP) is 1.57. The first-order valence-electron chi connectivity index (χ1n) is 8.68. The van der Waals surface area contributed by atoms with Crippen LogP contribution >= 0.6 is 22.7 Å². The first-order chi connectivity index (χ1) is 13.1. The Hall–Kier alpha value is -2.43. The van der Waals surface area contributed by atoms with Crippen LogP contribution < -0.4 is 10.5 Å². The molecule has 0 saturated carbocycles. The van der Waals surface area contributed by atoms with Crippen molar-refractivity contribution in [2.75, 3.05) is 6.54 Å². The maximum Gasteiger partial charge on any atom is 0.275 e. The van der Waals surface area contributed by atoms with Crippen LogP contribution in [0.25, 0.3) is 15.7 Å². The molecule has 0 aliphatic rings. The molecule has 8 nitrogen and oxygen atoms in total. The van der Waals surface area contributed by atoms with Gasteiger partial charge in [-0.2, -0.15) is 9.61 Å². The van der Waals surface area contributed by atoms with Crippen molar-refractivity contribution in [1.82, 2.24) is 24.8 Å². The molecule has 4 aromatic rings. The van der Waals surface area contributed by atoms with Gasteiger partial charge in [0, 0.05) is 11.8 Å². The number of hydrogen-bond donors (Lipinski definition) is 1. The number of rotatable bonds is 7. The number of quaternary nitrogens is 1. The summed E-state index contributed by atoms with van der Waals surface area (Å²) >= 11 is 3.02. The summed E-state index contributed by atoms with van der Waals surface area (Å²) < 4.78 is 7.19. The zero-order valence-electron chi connectivity index (χ0n) is 15.0. The molecule has 4 rings (SSSR count). The van der Waals surface area contributed by atoms with Crippen molar-refractivity contribution in [2.45, 2.75) is 33.4 Å². The molecule has 0 radical (unpaired) electrons. The number of aryl methyl sites for hydroxylation is 1. The highest BCUT2D eigenvalue weighted by molar-refractivity contribution is 7.16. The van der Waals surface area contributed by atoms with Gasteiger partial charge in [-0.3, -0.25) is 4.79 Å². The maximum absolute atomic E-state index is 12.1. The van der Waals surface area contributed by atoms with Gasteiger partial charge in [-0.1, -0.05) is 24.3 Å². The van der Waals surface area contributed by atoms with Gasteiger partial charge < -0.3 is 9.32 Å². The minimum absolute atomic E-state index is 0.144. The number of nitrogens with zero attached hydrogens (tertiary/aromatic N) is 5. The molecule has 27 heavy (non-hydrogen) atoms. The Morgan fingerprint density at radius 1 is 1.30 bits per heavy atom. The number of thiophene rings is 1. The Bertz CT molecular complexity index is 1100. The summed E-state index contributed by atoms with van der Waals surface area (Å²) in [6.07, 6.45) is 1.02. The van der Waals surface area contributed by atoms with Gasteiger partial charge in [0.05, 0.1) is 11.4 Å². The highest BCUT2D eigenvalue weighted by Gasteiger charge is 2.19. The average Bonchev–Trinajstić information content (AvgIpc) is 3.34. The molecule has 0 fully saturated rings. The normalized spacial score (nSPS) is 12.7. The molecule has 0 aliphatic carbocycles. The fraction of sp³-hybridized carbons (Fsp3) is 0.353. The first-order valence-corrected chi connectivity index (χ1v) is 10.4. The molecule has 140 valence electrons. The van der Waals surface area contributed by atoms with E-state index in [1.165, 1.54) is 26.8 Å². The summed E-state index contributed by atoms with van der Waals surface area (Å²) in [7, 11) is 0. The highest BCUT2D eigenvalue weighted by Crippen LogP contribution is 2.22. The largest absolute Gasteiger partial charge is 0.414 e. The van der Waals surface area contributed by atoms with Crippen molar-refractivity contribution in [3.8, 4) is 10.8 Å². The van der Waals surface area contributed by atoms with Crippen LogP contribution in [-0.4, -0.2) is 31.3 Å². The monoisotopic (exact) mass is 403 g/mol. The van der Waals surface area contributed by atoms with Gasteiger partial charge in [-0.05, 0) is 24.8 Å². The molecule has 1 unspecified atom stereocenters. The van der Waals surface area contributed by atoms with E-state index >= 15 is 0 Å². The van der Waals surface area contributed by atoms with Gasteiger partial charge >= 0.3 is 0 Å². The standard InChI is InChI=1S/C17H18N6O2S2/c1-3-6-22(9-13-19-20-16(25-13)12-5-4-7-26-12)10-14-21-23-15(24)8-11(2)18-17(23)27-14/h4-5,7-8H,3,6,9-10H2,1-2H3/p+1. The van der Waals surface area contributed by atoms with Crippen LogP contribution in [0.3, 0.4) is 0 Å². The fourth-order valence-corrected chi connectivity index (χ4v) is 4.54. The number of aromatic nitrogens is 5. The van der Waals surface area contributed by atoms with Crippen LogP contribution in [-0.2, 0) is 13.1 Å². The summed E-state index contributed by atoms with van der Waals surface area (Å²) in [6.45, 7) is 6.18. The lowest BCUT2D eigenvalue weighted by atomic mass is 10.4. The van der Waals surface area contributed by atoms with Gasteiger partial charge in [0.25, 0.3) is 17.3 Å². The molecule has 4 aromatic heterocycles. The van der Waals surface area contributed by atoms with E-state index in [-0.39, 0.29) is 5.56 Å². The summed E-state index contributed by atoms with van der Waals surface area (Å²) in [4.78, 5) is 19.3. The molecule has 10 heteroatoms. The minimum Gasteiger partial charge on any atom is -0.414 e. The zero-order chi connectivity index (χ0) is 18.8. The van der Waals surface area contributed by atoms with E-state index in [2.05, 4.69) is 27.2 Å². The zero-order valence-corrected chi connectivity index (χ0v) is 16.6. The van der Waals surface area contributed by atoms with Crippen molar-refractivity contribution in [2.24, 2.45) is 0 Å². The second-order valence-electron chi connectivity index (χ2n) is 6.26. The lowest BCUT2D eigenvalue weighted by Gasteiger charge is -2.14. The maximum atomic E-state index is 12.1. The van der Waals surface area contributed by atoms with Crippen molar-refractivity contribution in [1.29, 1.82) is 0 Å². The van der Waals surface area contributed by atoms with Crippen molar-refractivity contribution >= 4 is 27.6 Å². The fourth-order valence-electron chi connectivity index (χ4n) is 2.88. The number of fused-ring (bicyclic) bond motifs is 1. The number of nitrogens with one attached hydrogen (secondary N) is 1. The van der Waals surface area contributed by atoms with Gasteiger partial charge in [0.15, 0.2) is 11.6 Å². The summed E-state index contributed by atoms with van der Waals surface area (Å²) in [6, 6.07) is 5.42. The third-order valence-electron chi connectivity index (χ3n) is 4.02. The second-order valence-corrected chi connectivity index (χ2v) is 8.25. The van der Waals surface area contributed by atoms with Crippen LogP contribution in [0.5, 0.6) is 0 Å². The number of hydrogen-bond acceptors (Lipinski definition) is 8. The van der Waals surface area contributed by atoms with E-state index in [9.17, 15) is 4.79 Å². The van der Waals surface area contributed by atoms with Crippen LogP contribution in [0.15, 0.2) is 32.8 Å². The molecule has 0 aromatic carbocycles. The summed E-state index contributed by atoms with van der Waals surface area (Å²) in [5.74, 6) is 1.16. The molecule has 1 atom stereocenters. The smallest absolute Gasteiger partial charge is 0.275 e. The molecule has 0 saturated heterocycles. The molecule has 1 N–H and O–H groups in total.